The fourth-order valence-electron chi connectivity index (χ4n) is 2.17. The molecule has 0 aromatic carbocycles. The van der Waals surface area contributed by atoms with Crippen LogP contribution >= 0.6 is 0 Å². The van der Waals surface area contributed by atoms with Gasteiger partial charge in [-0.05, 0) is 6.92 Å². The third-order valence-corrected chi connectivity index (χ3v) is 3.14. The minimum atomic E-state index is 0.0617. The summed E-state index contributed by atoms with van der Waals surface area (Å²) in [6, 6.07) is 0.197. The molecule has 0 aliphatic rings. The van der Waals surface area contributed by atoms with Gasteiger partial charge >= 0.3 is 0 Å². The fraction of sp³-hybridized carbons (Fsp3) is 0.571. The van der Waals surface area contributed by atoms with E-state index in [0.29, 0.717) is 0 Å². The topological polar surface area (TPSA) is 58.5 Å². The molecule has 5 nitrogen and oxygen atoms in total. The summed E-state index contributed by atoms with van der Waals surface area (Å²) in [7, 11) is 1.97. The van der Waals surface area contributed by atoms with Crippen LogP contribution in [-0.4, -0.2) is 19.7 Å². The van der Waals surface area contributed by atoms with Crippen molar-refractivity contribution in [3.8, 4) is 0 Å². The van der Waals surface area contributed by atoms with Crippen LogP contribution < -0.4 is 5.32 Å². The van der Waals surface area contributed by atoms with E-state index in [9.17, 15) is 0 Å². The Kier molecular flexibility index (Phi) is 3.75. The summed E-state index contributed by atoms with van der Waals surface area (Å²) in [6.45, 7) is 9.46. The molecule has 0 bridgehead atoms. The molecule has 1 unspecified atom stereocenters. The van der Waals surface area contributed by atoms with Gasteiger partial charge in [0.2, 0.25) is 0 Å². The standard InChI is InChI=1S/C14H23N5/c1-10(13-15-6-7-16-13)17-8-11-9-19(5)18-12(11)14(2,3)4/h6-7,9-10,17H,8H2,1-5H3,(H,15,16). The second-order valence-corrected chi connectivity index (χ2v) is 6.00. The number of nitrogens with zero attached hydrogens (tertiary/aromatic N) is 3. The van der Waals surface area contributed by atoms with Crippen molar-refractivity contribution in [2.24, 2.45) is 7.05 Å². The van der Waals surface area contributed by atoms with Gasteiger partial charge < -0.3 is 10.3 Å². The second-order valence-electron chi connectivity index (χ2n) is 6.00. The molecule has 0 spiro atoms. The minimum absolute atomic E-state index is 0.0617. The van der Waals surface area contributed by atoms with Crippen molar-refractivity contribution in [3.63, 3.8) is 0 Å². The molecule has 0 saturated heterocycles. The third-order valence-electron chi connectivity index (χ3n) is 3.14. The lowest BCUT2D eigenvalue weighted by Gasteiger charge is -2.18. The van der Waals surface area contributed by atoms with Crippen LogP contribution in [0.15, 0.2) is 18.6 Å². The molecule has 0 aliphatic carbocycles. The van der Waals surface area contributed by atoms with E-state index in [-0.39, 0.29) is 11.5 Å². The van der Waals surface area contributed by atoms with Gasteiger partial charge in [0.25, 0.3) is 0 Å². The van der Waals surface area contributed by atoms with Gasteiger partial charge in [-0.1, -0.05) is 20.8 Å². The first-order valence-corrected chi connectivity index (χ1v) is 6.63. The van der Waals surface area contributed by atoms with E-state index in [0.717, 1.165) is 18.1 Å². The number of aromatic amines is 1. The van der Waals surface area contributed by atoms with Gasteiger partial charge in [-0.25, -0.2) is 4.98 Å². The maximum Gasteiger partial charge on any atom is 0.122 e. The zero-order valence-electron chi connectivity index (χ0n) is 12.4. The monoisotopic (exact) mass is 261 g/mol. The zero-order valence-corrected chi connectivity index (χ0v) is 12.4. The van der Waals surface area contributed by atoms with E-state index < -0.39 is 0 Å². The minimum Gasteiger partial charge on any atom is -0.347 e. The second kappa shape index (κ2) is 5.17. The van der Waals surface area contributed by atoms with Crippen LogP contribution in [0.25, 0.3) is 0 Å². The highest BCUT2D eigenvalue weighted by Crippen LogP contribution is 2.24. The molecule has 1 atom stereocenters. The van der Waals surface area contributed by atoms with Crippen molar-refractivity contribution < 1.29 is 0 Å². The normalized spacial score (nSPS) is 13.7. The molecule has 2 aromatic heterocycles. The molecule has 0 aliphatic heterocycles. The summed E-state index contributed by atoms with van der Waals surface area (Å²) >= 11 is 0. The first-order valence-electron chi connectivity index (χ1n) is 6.63. The molecular formula is C14H23N5. The summed E-state index contributed by atoms with van der Waals surface area (Å²) in [5, 5.41) is 8.06. The number of hydrogen-bond donors (Lipinski definition) is 2. The average molecular weight is 261 g/mol. The molecule has 104 valence electrons. The summed E-state index contributed by atoms with van der Waals surface area (Å²) in [5.74, 6) is 0.959. The highest BCUT2D eigenvalue weighted by atomic mass is 15.3. The summed E-state index contributed by atoms with van der Waals surface area (Å²) in [5.41, 5.74) is 2.45. The molecule has 2 heterocycles. The van der Waals surface area contributed by atoms with E-state index >= 15 is 0 Å². The van der Waals surface area contributed by atoms with Crippen molar-refractivity contribution in [2.45, 2.75) is 45.7 Å². The van der Waals surface area contributed by atoms with Crippen LogP contribution in [0.1, 0.15) is 50.8 Å². The summed E-state index contributed by atoms with van der Waals surface area (Å²) in [4.78, 5) is 7.39. The maximum atomic E-state index is 4.58. The molecule has 0 fully saturated rings. The molecule has 19 heavy (non-hydrogen) atoms. The van der Waals surface area contributed by atoms with E-state index in [2.05, 4.69) is 54.3 Å². The first kappa shape index (κ1) is 13.8. The number of rotatable bonds is 4. The molecule has 0 saturated carbocycles. The highest BCUT2D eigenvalue weighted by molar-refractivity contribution is 5.24. The number of aryl methyl sites for hydroxylation is 1. The molecule has 5 heteroatoms. The van der Waals surface area contributed by atoms with E-state index in [1.165, 1.54) is 5.56 Å². The summed E-state index contributed by atoms with van der Waals surface area (Å²) < 4.78 is 1.88. The van der Waals surface area contributed by atoms with E-state index in [4.69, 9.17) is 0 Å². The summed E-state index contributed by atoms with van der Waals surface area (Å²) in [6.07, 6.45) is 5.71. The van der Waals surface area contributed by atoms with Crippen LogP contribution in [0, 0.1) is 0 Å². The highest BCUT2D eigenvalue weighted by Gasteiger charge is 2.22. The van der Waals surface area contributed by atoms with Crippen molar-refractivity contribution >= 4 is 0 Å². The predicted molar refractivity (Wildman–Crippen MR) is 75.8 cm³/mol. The Labute approximate surface area is 114 Å². The van der Waals surface area contributed by atoms with Crippen LogP contribution in [0.2, 0.25) is 0 Å². The molecule has 2 rings (SSSR count). The Hall–Kier alpha value is -1.62. The lowest BCUT2D eigenvalue weighted by molar-refractivity contribution is 0.523. The maximum absolute atomic E-state index is 4.58. The van der Waals surface area contributed by atoms with Gasteiger partial charge in [-0.3, -0.25) is 4.68 Å². The number of nitrogens with one attached hydrogen (secondary N) is 2. The quantitative estimate of drug-likeness (QED) is 0.887. The van der Waals surface area contributed by atoms with Crippen molar-refractivity contribution in [2.75, 3.05) is 0 Å². The van der Waals surface area contributed by atoms with Crippen molar-refractivity contribution in [3.05, 3.63) is 35.7 Å². The number of imidazole rings is 1. The van der Waals surface area contributed by atoms with Crippen LogP contribution in [-0.2, 0) is 19.0 Å². The SMILES string of the molecule is CC(NCc1cn(C)nc1C(C)(C)C)c1ncc[nH]1. The number of aromatic nitrogens is 4. The van der Waals surface area contributed by atoms with Crippen molar-refractivity contribution in [1.82, 2.24) is 25.1 Å². The smallest absolute Gasteiger partial charge is 0.122 e. The van der Waals surface area contributed by atoms with Gasteiger partial charge in [-0.2, -0.15) is 5.10 Å². The molecule has 0 amide bonds. The van der Waals surface area contributed by atoms with E-state index in [1.807, 2.05) is 17.9 Å². The lowest BCUT2D eigenvalue weighted by atomic mass is 9.89. The fourth-order valence-corrected chi connectivity index (χ4v) is 2.17. The van der Waals surface area contributed by atoms with Gasteiger partial charge in [-0.15, -0.1) is 0 Å². The van der Waals surface area contributed by atoms with Gasteiger partial charge in [0.05, 0.1) is 11.7 Å². The molecule has 0 radical (unpaired) electrons. The Morgan fingerprint density at radius 2 is 2.16 bits per heavy atom. The largest absolute Gasteiger partial charge is 0.347 e. The third kappa shape index (κ3) is 3.23. The van der Waals surface area contributed by atoms with Crippen LogP contribution in [0.4, 0.5) is 0 Å². The Balaban J connectivity index is 2.08. The van der Waals surface area contributed by atoms with Gasteiger partial charge in [0.15, 0.2) is 0 Å². The Morgan fingerprint density at radius 3 is 2.74 bits per heavy atom. The first-order chi connectivity index (χ1) is 8.88. The lowest BCUT2D eigenvalue weighted by Crippen LogP contribution is -2.22. The molecular weight excluding hydrogens is 238 g/mol. The van der Waals surface area contributed by atoms with Gasteiger partial charge in [0, 0.05) is 43.2 Å². The van der Waals surface area contributed by atoms with Crippen LogP contribution in [0.3, 0.4) is 0 Å². The Bertz CT molecular complexity index is 519. The Morgan fingerprint density at radius 1 is 1.42 bits per heavy atom. The zero-order chi connectivity index (χ0) is 14.0. The van der Waals surface area contributed by atoms with E-state index in [1.54, 1.807) is 6.20 Å². The van der Waals surface area contributed by atoms with Gasteiger partial charge in [0.1, 0.15) is 5.82 Å². The van der Waals surface area contributed by atoms with Crippen LogP contribution in [0.5, 0.6) is 0 Å². The van der Waals surface area contributed by atoms with Crippen molar-refractivity contribution in [1.29, 1.82) is 0 Å². The molecule has 2 N–H and O–H groups in total. The molecule has 2 aromatic rings. The number of hydrogen-bond acceptors (Lipinski definition) is 3. The predicted octanol–water partition coefficient (Wildman–Crippen LogP) is 2.29. The number of H-pyrrole nitrogens is 1. The average Bonchev–Trinajstić information content (AvgIpc) is 2.93.